The SMILES string of the molecule is CCCCCCCCN(CCCCCCCC)S(=O)(=O)c1cc(Cl)c(-n2c(O)c(-c3c(C)cc(C)c([N+](=O)[O-])c3C)oc2=O)cc1Cl. The lowest BCUT2D eigenvalue weighted by molar-refractivity contribution is -0.386. The van der Waals surface area contributed by atoms with Crippen molar-refractivity contribution >= 4 is 38.9 Å². The third-order valence-corrected chi connectivity index (χ3v) is 11.2. The Morgan fingerprint density at radius 1 is 0.851 bits per heavy atom. The van der Waals surface area contributed by atoms with Crippen molar-refractivity contribution in [3.63, 3.8) is 0 Å². The van der Waals surface area contributed by atoms with Crippen molar-refractivity contribution in [2.45, 2.75) is 117 Å². The Balaban J connectivity index is 1.99. The summed E-state index contributed by atoms with van der Waals surface area (Å²) in [7, 11) is -4.05. The molecule has 0 bridgehead atoms. The minimum absolute atomic E-state index is 0.0940. The van der Waals surface area contributed by atoms with E-state index >= 15 is 0 Å². The second-order valence-corrected chi connectivity index (χ2v) is 14.9. The lowest BCUT2D eigenvalue weighted by Crippen LogP contribution is -2.33. The van der Waals surface area contributed by atoms with Crippen molar-refractivity contribution in [3.05, 3.63) is 65.6 Å². The summed E-state index contributed by atoms with van der Waals surface area (Å²) in [5.41, 5.74) is 1.11. The van der Waals surface area contributed by atoms with Gasteiger partial charge in [0.05, 0.1) is 20.7 Å². The van der Waals surface area contributed by atoms with E-state index in [1.165, 1.54) is 23.4 Å². The molecule has 0 saturated carbocycles. The minimum Gasteiger partial charge on any atom is -0.491 e. The first-order valence-corrected chi connectivity index (χ1v) is 18.7. The van der Waals surface area contributed by atoms with Crippen molar-refractivity contribution in [3.8, 4) is 22.9 Å². The highest BCUT2D eigenvalue weighted by Crippen LogP contribution is 2.41. The maximum atomic E-state index is 14.0. The molecule has 0 fully saturated rings. The summed E-state index contributed by atoms with van der Waals surface area (Å²) in [5, 5.41) is 22.6. The minimum atomic E-state index is -4.05. The van der Waals surface area contributed by atoms with Crippen LogP contribution in [0, 0.1) is 30.9 Å². The summed E-state index contributed by atoms with van der Waals surface area (Å²) in [4.78, 5) is 24.1. The number of halogens is 2. The Morgan fingerprint density at radius 2 is 1.38 bits per heavy atom. The largest absolute Gasteiger partial charge is 0.491 e. The van der Waals surface area contributed by atoms with Crippen LogP contribution in [0.5, 0.6) is 5.88 Å². The Morgan fingerprint density at radius 3 is 1.91 bits per heavy atom. The van der Waals surface area contributed by atoms with Crippen molar-refractivity contribution in [2.24, 2.45) is 0 Å². The van der Waals surface area contributed by atoms with Crippen LogP contribution < -0.4 is 5.76 Å². The third kappa shape index (κ3) is 9.19. The highest BCUT2D eigenvalue weighted by atomic mass is 35.5. The standard InChI is InChI=1S/C34H47Cl2N3O7S/c1-6-8-10-12-14-16-18-37(19-17-15-13-11-9-7-2)47(44,45)29-22-26(35)28(21-27(29)36)38-33(40)32(46-34(38)41)30-23(3)20-24(4)31(25(30)5)39(42)43/h20-22,40H,6-19H2,1-5H3. The molecule has 0 aliphatic rings. The van der Waals surface area contributed by atoms with Gasteiger partial charge >= 0.3 is 5.76 Å². The number of nitrogens with zero attached hydrogens (tertiary/aromatic N) is 3. The van der Waals surface area contributed by atoms with Crippen molar-refractivity contribution in [2.75, 3.05) is 13.1 Å². The van der Waals surface area contributed by atoms with Gasteiger partial charge in [0.2, 0.25) is 21.7 Å². The summed E-state index contributed by atoms with van der Waals surface area (Å²) in [6.45, 7) is 9.80. The van der Waals surface area contributed by atoms with E-state index < -0.39 is 26.6 Å². The molecule has 0 spiro atoms. The van der Waals surface area contributed by atoms with E-state index in [1.807, 2.05) is 0 Å². The fourth-order valence-corrected chi connectivity index (χ4v) is 8.42. The number of nitro groups is 1. The Kier molecular flexibility index (Phi) is 14.4. The number of aromatic nitrogens is 1. The van der Waals surface area contributed by atoms with Crippen LogP contribution in [0.15, 0.2) is 32.3 Å². The topological polar surface area (TPSA) is 136 Å². The number of rotatable bonds is 19. The summed E-state index contributed by atoms with van der Waals surface area (Å²) >= 11 is 13.2. The summed E-state index contributed by atoms with van der Waals surface area (Å²) in [6, 6.07) is 3.97. The van der Waals surface area contributed by atoms with Crippen LogP contribution in [-0.4, -0.2) is 40.4 Å². The number of benzene rings is 2. The van der Waals surface area contributed by atoms with Gasteiger partial charge in [-0.05, 0) is 57.4 Å². The normalized spacial score (nSPS) is 11.9. The quantitative estimate of drug-likeness (QED) is 0.0743. The number of unbranched alkanes of at least 4 members (excludes halogenated alkanes) is 10. The van der Waals surface area contributed by atoms with E-state index in [2.05, 4.69) is 13.8 Å². The monoisotopic (exact) mass is 711 g/mol. The summed E-state index contributed by atoms with van der Waals surface area (Å²) < 4.78 is 35.6. The molecule has 13 heteroatoms. The zero-order valence-electron chi connectivity index (χ0n) is 28.0. The highest BCUT2D eigenvalue weighted by Gasteiger charge is 2.31. The molecule has 1 heterocycles. The molecule has 3 aromatic rings. The average molecular weight is 713 g/mol. The fourth-order valence-electron chi connectivity index (χ4n) is 6.06. The Hall–Kier alpha value is -2.86. The number of oxazole rings is 1. The first-order valence-electron chi connectivity index (χ1n) is 16.5. The van der Waals surface area contributed by atoms with Gasteiger partial charge in [-0.1, -0.05) is 101 Å². The van der Waals surface area contributed by atoms with Crippen LogP contribution in [0.3, 0.4) is 0 Å². The van der Waals surface area contributed by atoms with Crippen LogP contribution in [-0.2, 0) is 10.0 Å². The predicted octanol–water partition coefficient (Wildman–Crippen LogP) is 9.66. The van der Waals surface area contributed by atoms with E-state index in [9.17, 15) is 28.4 Å². The van der Waals surface area contributed by atoms with Gasteiger partial charge in [-0.15, -0.1) is 0 Å². The van der Waals surface area contributed by atoms with Gasteiger partial charge in [0, 0.05) is 29.8 Å². The maximum Gasteiger partial charge on any atom is 0.427 e. The number of sulfonamides is 1. The molecule has 0 saturated heterocycles. The van der Waals surface area contributed by atoms with Gasteiger partial charge in [-0.2, -0.15) is 4.31 Å². The molecular weight excluding hydrogens is 665 g/mol. The molecule has 47 heavy (non-hydrogen) atoms. The average Bonchev–Trinajstić information content (AvgIpc) is 3.28. The lowest BCUT2D eigenvalue weighted by Gasteiger charge is -2.23. The molecule has 0 unspecified atom stereocenters. The molecule has 0 amide bonds. The molecule has 260 valence electrons. The van der Waals surface area contributed by atoms with Crippen molar-refractivity contribution in [1.29, 1.82) is 0 Å². The summed E-state index contributed by atoms with van der Waals surface area (Å²) in [5.74, 6) is -1.96. The number of aromatic hydroxyl groups is 1. The molecule has 0 atom stereocenters. The van der Waals surface area contributed by atoms with E-state index in [4.69, 9.17) is 27.6 Å². The van der Waals surface area contributed by atoms with E-state index in [0.29, 0.717) is 24.2 Å². The van der Waals surface area contributed by atoms with Crippen molar-refractivity contribution < 1.29 is 22.9 Å². The van der Waals surface area contributed by atoms with Crippen LogP contribution in [0.2, 0.25) is 10.0 Å². The zero-order chi connectivity index (χ0) is 34.9. The van der Waals surface area contributed by atoms with Gasteiger partial charge in [0.25, 0.3) is 5.69 Å². The van der Waals surface area contributed by atoms with Crippen LogP contribution in [0.4, 0.5) is 5.69 Å². The van der Waals surface area contributed by atoms with Gasteiger partial charge < -0.3 is 9.52 Å². The van der Waals surface area contributed by atoms with E-state index in [1.54, 1.807) is 19.9 Å². The fraction of sp³-hybridized carbons (Fsp3) is 0.559. The molecule has 1 aromatic heterocycles. The number of hydrogen-bond acceptors (Lipinski definition) is 7. The highest BCUT2D eigenvalue weighted by molar-refractivity contribution is 7.89. The first kappa shape index (κ1) is 38.6. The molecule has 1 N–H and O–H groups in total. The summed E-state index contributed by atoms with van der Waals surface area (Å²) in [6.07, 6.45) is 12.2. The molecule has 3 rings (SSSR count). The zero-order valence-corrected chi connectivity index (χ0v) is 30.4. The molecular formula is C34H47Cl2N3O7S. The molecule has 0 aliphatic carbocycles. The van der Waals surface area contributed by atoms with Gasteiger partial charge in [-0.3, -0.25) is 10.1 Å². The van der Waals surface area contributed by atoms with E-state index in [-0.39, 0.29) is 43.2 Å². The van der Waals surface area contributed by atoms with Crippen molar-refractivity contribution in [1.82, 2.24) is 8.87 Å². The first-order chi connectivity index (χ1) is 22.3. The van der Waals surface area contributed by atoms with Gasteiger partial charge in [0.15, 0.2) is 0 Å². The second kappa shape index (κ2) is 17.5. The Labute approximate surface area is 287 Å². The maximum absolute atomic E-state index is 14.0. The number of hydrogen-bond donors (Lipinski definition) is 1. The molecule has 2 aromatic carbocycles. The van der Waals surface area contributed by atoms with E-state index in [0.717, 1.165) is 81.6 Å². The lowest BCUT2D eigenvalue weighted by atomic mass is 9.96. The molecule has 0 radical (unpaired) electrons. The van der Waals surface area contributed by atoms with Gasteiger partial charge in [0.1, 0.15) is 4.90 Å². The van der Waals surface area contributed by atoms with Crippen LogP contribution >= 0.6 is 23.2 Å². The number of aryl methyl sites for hydroxylation is 2. The number of nitro benzene ring substituents is 1. The Bertz CT molecular complexity index is 1700. The third-order valence-electron chi connectivity index (χ3n) is 8.51. The predicted molar refractivity (Wildman–Crippen MR) is 188 cm³/mol. The second-order valence-electron chi connectivity index (χ2n) is 12.1. The van der Waals surface area contributed by atoms with Gasteiger partial charge in [-0.25, -0.2) is 17.8 Å². The molecule has 10 nitrogen and oxygen atoms in total. The molecule has 0 aliphatic heterocycles. The van der Waals surface area contributed by atoms with Crippen LogP contribution in [0.25, 0.3) is 17.0 Å². The smallest absolute Gasteiger partial charge is 0.427 e. The van der Waals surface area contributed by atoms with Crippen LogP contribution in [0.1, 0.15) is 108 Å².